The molecule has 0 saturated heterocycles. The first-order valence-electron chi connectivity index (χ1n) is 8.70. The molecule has 3 rings (SSSR count). The first-order chi connectivity index (χ1) is 13.2. The Bertz CT molecular complexity index is 922. The van der Waals surface area contributed by atoms with Crippen LogP contribution < -0.4 is 0 Å². The highest BCUT2D eigenvalue weighted by Crippen LogP contribution is 2.25. The Morgan fingerprint density at radius 3 is 2.15 bits per heavy atom. The average Bonchev–Trinajstić information content (AvgIpc) is 2.75. The van der Waals surface area contributed by atoms with Crippen molar-refractivity contribution in [1.29, 1.82) is 0 Å². The molecule has 3 aromatic rings. The molecule has 0 saturated carbocycles. The number of hydrogen-bond acceptors (Lipinski definition) is 3. The maximum atomic E-state index is 9.18. The van der Waals surface area contributed by atoms with E-state index in [-0.39, 0.29) is 0 Å². The molecule has 1 heterocycles. The molecule has 0 aliphatic carbocycles. The molecule has 0 aliphatic rings. The highest BCUT2D eigenvalue weighted by Gasteiger charge is 2.09. The van der Waals surface area contributed by atoms with Crippen molar-refractivity contribution in [3.8, 4) is 22.6 Å². The summed E-state index contributed by atoms with van der Waals surface area (Å²) in [6.07, 6.45) is 5.30. The van der Waals surface area contributed by atoms with Crippen LogP contribution in [0.2, 0.25) is 0 Å². The number of rotatable bonds is 6. The Morgan fingerprint density at radius 2 is 1.56 bits per heavy atom. The van der Waals surface area contributed by atoms with Crippen molar-refractivity contribution in [2.45, 2.75) is 6.92 Å². The summed E-state index contributed by atoms with van der Waals surface area (Å²) in [5, 5.41) is 9.18. The smallest absolute Gasteiger partial charge is 0.326 e. The Balaban J connectivity index is 2.12. The maximum absolute atomic E-state index is 9.18. The Kier molecular flexibility index (Phi) is 6.13. The number of hydrogen-bond donors (Lipinski definition) is 1. The van der Waals surface area contributed by atoms with E-state index in [9.17, 15) is 5.02 Å². The van der Waals surface area contributed by atoms with Crippen molar-refractivity contribution >= 4 is 13.1 Å². The zero-order valence-electron chi connectivity index (χ0n) is 15.2. The van der Waals surface area contributed by atoms with E-state index in [1.165, 1.54) is 0 Å². The van der Waals surface area contributed by atoms with E-state index in [0.29, 0.717) is 11.3 Å². The van der Waals surface area contributed by atoms with Gasteiger partial charge in [0.2, 0.25) is 0 Å². The van der Waals surface area contributed by atoms with Crippen LogP contribution in [0.5, 0.6) is 0 Å². The lowest BCUT2D eigenvalue weighted by molar-refractivity contribution is 0.612. The summed E-state index contributed by atoms with van der Waals surface area (Å²) in [7, 11) is 1.03. The zero-order valence-corrected chi connectivity index (χ0v) is 15.2. The van der Waals surface area contributed by atoms with Gasteiger partial charge in [-0.3, -0.25) is 0 Å². The molecular formula is C23H20BN2O. The van der Waals surface area contributed by atoms with Crippen molar-refractivity contribution in [2.24, 2.45) is 0 Å². The van der Waals surface area contributed by atoms with E-state index in [2.05, 4.69) is 6.58 Å². The Labute approximate surface area is 160 Å². The third-order valence-corrected chi connectivity index (χ3v) is 4.14. The number of aromatic nitrogens is 2. The number of nitrogens with zero attached hydrogens (tertiary/aromatic N) is 2. The van der Waals surface area contributed by atoms with Crippen LogP contribution in [0.25, 0.3) is 28.2 Å². The lowest BCUT2D eigenvalue weighted by atomic mass is 9.87. The largest absolute Gasteiger partial charge is 0.450 e. The van der Waals surface area contributed by atoms with Crippen molar-refractivity contribution in [3.05, 3.63) is 103 Å². The van der Waals surface area contributed by atoms with Crippen molar-refractivity contribution in [3.63, 3.8) is 0 Å². The Morgan fingerprint density at radius 1 is 0.926 bits per heavy atom. The Hall–Kier alpha value is -3.24. The van der Waals surface area contributed by atoms with Crippen LogP contribution in [0.15, 0.2) is 97.0 Å². The highest BCUT2D eigenvalue weighted by atomic mass is 16.2. The van der Waals surface area contributed by atoms with Gasteiger partial charge in [0.1, 0.15) is 0 Å². The van der Waals surface area contributed by atoms with E-state index in [1.54, 1.807) is 12.2 Å². The fourth-order valence-electron chi connectivity index (χ4n) is 2.59. The molecule has 27 heavy (non-hydrogen) atoms. The molecule has 0 atom stereocenters. The molecule has 1 N–H and O–H groups in total. The van der Waals surface area contributed by atoms with Gasteiger partial charge in [0.05, 0.1) is 11.4 Å². The quantitative estimate of drug-likeness (QED) is 0.508. The van der Waals surface area contributed by atoms with Gasteiger partial charge in [-0.25, -0.2) is 9.97 Å². The third kappa shape index (κ3) is 4.69. The molecule has 4 heteroatoms. The predicted molar refractivity (Wildman–Crippen MR) is 113 cm³/mol. The molecule has 0 bridgehead atoms. The van der Waals surface area contributed by atoms with Crippen LogP contribution in [0.4, 0.5) is 0 Å². The fraction of sp³-hybridized carbons (Fsp3) is 0.0435. The summed E-state index contributed by atoms with van der Waals surface area (Å²) in [6, 6.07) is 22.0. The number of benzene rings is 2. The van der Waals surface area contributed by atoms with Gasteiger partial charge in [-0.15, -0.1) is 0 Å². The van der Waals surface area contributed by atoms with Crippen LogP contribution in [-0.4, -0.2) is 22.5 Å². The topological polar surface area (TPSA) is 46.0 Å². The standard InChI is InChI=1S/C23H20BN2O/c1-3-20(24-27)15-14-17(2)21-16-22(18-10-6-4-7-11-18)26-23(25-21)19-12-8-5-9-13-19/h3-16,27H,1H2,2H3/b17-14+,20-15+. The van der Waals surface area contributed by atoms with E-state index in [4.69, 9.17) is 9.97 Å². The highest BCUT2D eigenvalue weighted by molar-refractivity contribution is 6.37. The predicted octanol–water partition coefficient (Wildman–Crippen LogP) is 4.90. The lowest BCUT2D eigenvalue weighted by Crippen LogP contribution is -1.97. The van der Waals surface area contributed by atoms with E-state index < -0.39 is 0 Å². The fourth-order valence-corrected chi connectivity index (χ4v) is 2.59. The van der Waals surface area contributed by atoms with E-state index in [1.807, 2.05) is 79.7 Å². The zero-order chi connectivity index (χ0) is 19.1. The molecule has 131 valence electrons. The molecule has 0 aliphatic heterocycles. The molecule has 0 amide bonds. The van der Waals surface area contributed by atoms with Crippen molar-refractivity contribution < 1.29 is 5.02 Å². The molecule has 3 nitrogen and oxygen atoms in total. The molecule has 0 unspecified atom stereocenters. The van der Waals surface area contributed by atoms with Gasteiger partial charge in [0.15, 0.2) is 5.82 Å². The van der Waals surface area contributed by atoms with E-state index in [0.717, 1.165) is 35.6 Å². The summed E-state index contributed by atoms with van der Waals surface area (Å²) in [6.45, 7) is 5.66. The summed E-state index contributed by atoms with van der Waals surface area (Å²) >= 11 is 0. The van der Waals surface area contributed by atoms with Gasteiger partial charge >= 0.3 is 7.48 Å². The van der Waals surface area contributed by atoms with Gasteiger partial charge in [-0.05, 0) is 18.6 Å². The van der Waals surface area contributed by atoms with Crippen molar-refractivity contribution in [2.75, 3.05) is 0 Å². The van der Waals surface area contributed by atoms with Gasteiger partial charge < -0.3 is 5.02 Å². The van der Waals surface area contributed by atoms with Crippen molar-refractivity contribution in [1.82, 2.24) is 9.97 Å². The molecular weight excluding hydrogens is 331 g/mol. The van der Waals surface area contributed by atoms with Crippen LogP contribution in [0.1, 0.15) is 12.6 Å². The monoisotopic (exact) mass is 351 g/mol. The van der Waals surface area contributed by atoms with Crippen LogP contribution in [0, 0.1) is 0 Å². The van der Waals surface area contributed by atoms with Crippen LogP contribution in [-0.2, 0) is 0 Å². The minimum Gasteiger partial charge on any atom is -0.450 e. The molecule has 2 aromatic carbocycles. The maximum Gasteiger partial charge on any atom is 0.326 e. The van der Waals surface area contributed by atoms with Crippen LogP contribution >= 0.6 is 0 Å². The first-order valence-corrected chi connectivity index (χ1v) is 8.70. The first kappa shape index (κ1) is 18.6. The molecule has 1 radical (unpaired) electrons. The molecule has 1 aromatic heterocycles. The summed E-state index contributed by atoms with van der Waals surface area (Å²) in [5.74, 6) is 0.682. The average molecular weight is 351 g/mol. The molecule has 0 fully saturated rings. The summed E-state index contributed by atoms with van der Waals surface area (Å²) < 4.78 is 0. The minimum atomic E-state index is 0.634. The second kappa shape index (κ2) is 8.92. The van der Waals surface area contributed by atoms with Gasteiger partial charge in [-0.2, -0.15) is 0 Å². The second-order valence-electron chi connectivity index (χ2n) is 6.04. The molecule has 0 spiro atoms. The van der Waals surface area contributed by atoms with E-state index >= 15 is 0 Å². The van der Waals surface area contributed by atoms with Gasteiger partial charge in [-0.1, -0.05) is 90.9 Å². The summed E-state index contributed by atoms with van der Waals surface area (Å²) in [5.41, 5.74) is 5.31. The normalized spacial score (nSPS) is 11.9. The van der Waals surface area contributed by atoms with Crippen LogP contribution in [0.3, 0.4) is 0 Å². The SMILES string of the molecule is C=C/C([B]O)=C\C=C(/C)c1cc(-c2ccccc2)nc(-c2ccccc2)n1. The minimum absolute atomic E-state index is 0.634. The van der Waals surface area contributed by atoms with Gasteiger partial charge in [0, 0.05) is 11.1 Å². The second-order valence-corrected chi connectivity index (χ2v) is 6.04. The lowest BCUT2D eigenvalue weighted by Gasteiger charge is -2.09. The van der Waals surface area contributed by atoms with Gasteiger partial charge in [0.25, 0.3) is 0 Å². The number of allylic oxidation sites excluding steroid dienone is 5. The third-order valence-electron chi connectivity index (χ3n) is 4.14. The summed E-state index contributed by atoms with van der Waals surface area (Å²) in [4.78, 5) is 9.52.